The summed E-state index contributed by atoms with van der Waals surface area (Å²) in [7, 11) is 0. The SMILES string of the molecule is Fc1c(F)c(F)c(F)c(F)c1F.NC(CS)C(=O)O. The predicted molar refractivity (Wildman–Crippen MR) is 55.7 cm³/mol. The van der Waals surface area contributed by atoms with Crippen LogP contribution in [0.5, 0.6) is 0 Å². The summed E-state index contributed by atoms with van der Waals surface area (Å²) < 4.78 is 72.2. The van der Waals surface area contributed by atoms with E-state index in [1.54, 1.807) is 0 Å². The van der Waals surface area contributed by atoms with Gasteiger partial charge in [-0.25, -0.2) is 26.3 Å². The van der Waals surface area contributed by atoms with E-state index in [2.05, 4.69) is 12.6 Å². The third kappa shape index (κ3) is 4.31. The zero-order valence-electron chi connectivity index (χ0n) is 8.93. The highest BCUT2D eigenvalue weighted by molar-refractivity contribution is 7.80. The lowest BCUT2D eigenvalue weighted by Crippen LogP contribution is -2.31. The molecule has 3 N–H and O–H groups in total. The number of carbonyl (C=O) groups is 1. The smallest absolute Gasteiger partial charge is 0.321 e. The van der Waals surface area contributed by atoms with Gasteiger partial charge in [0, 0.05) is 5.75 Å². The van der Waals surface area contributed by atoms with Gasteiger partial charge in [-0.15, -0.1) is 0 Å². The van der Waals surface area contributed by atoms with E-state index in [0.29, 0.717) is 0 Å². The van der Waals surface area contributed by atoms with Crippen LogP contribution in [0.3, 0.4) is 0 Å². The molecule has 3 nitrogen and oxygen atoms in total. The van der Waals surface area contributed by atoms with Crippen LogP contribution in [0.15, 0.2) is 0 Å². The summed E-state index contributed by atoms with van der Waals surface area (Å²) >= 11 is 3.65. The topological polar surface area (TPSA) is 63.3 Å². The Morgan fingerprint density at radius 3 is 1.21 bits per heavy atom. The minimum atomic E-state index is -2.37. The van der Waals surface area contributed by atoms with Crippen LogP contribution in [0.1, 0.15) is 0 Å². The molecule has 0 aliphatic rings. The van der Waals surface area contributed by atoms with E-state index < -0.39 is 46.9 Å². The number of benzene rings is 1. The molecule has 0 spiro atoms. The molecule has 0 aliphatic heterocycles. The Morgan fingerprint density at radius 1 is 0.947 bits per heavy atom. The van der Waals surface area contributed by atoms with Gasteiger partial charge in [0.05, 0.1) is 0 Å². The van der Waals surface area contributed by atoms with E-state index in [0.717, 1.165) is 0 Å². The molecule has 0 fully saturated rings. The third-order valence-corrected chi connectivity index (χ3v) is 2.06. The molecule has 1 unspecified atom stereocenters. The lowest BCUT2D eigenvalue weighted by Gasteiger charge is -1.99. The Bertz CT molecular complexity index is 379. The molecule has 0 amide bonds. The van der Waals surface area contributed by atoms with Gasteiger partial charge in [0.1, 0.15) is 6.04 Å². The van der Waals surface area contributed by atoms with Crippen molar-refractivity contribution in [3.63, 3.8) is 0 Å². The Kier molecular flexibility index (Phi) is 6.70. The molecule has 0 radical (unpaired) electrons. The highest BCUT2D eigenvalue weighted by Crippen LogP contribution is 2.20. The van der Waals surface area contributed by atoms with Gasteiger partial charge in [0.15, 0.2) is 0 Å². The minimum absolute atomic E-state index is 0.190. The maximum absolute atomic E-state index is 12.0. The van der Waals surface area contributed by atoms with Crippen LogP contribution in [-0.4, -0.2) is 22.9 Å². The fraction of sp³-hybridized carbons (Fsp3) is 0.222. The van der Waals surface area contributed by atoms with E-state index in [4.69, 9.17) is 10.8 Å². The number of rotatable bonds is 2. The van der Waals surface area contributed by atoms with Crippen LogP contribution < -0.4 is 5.73 Å². The van der Waals surface area contributed by atoms with Crippen molar-refractivity contribution in [2.24, 2.45) is 5.73 Å². The van der Waals surface area contributed by atoms with E-state index in [9.17, 15) is 31.1 Å². The fourth-order valence-corrected chi connectivity index (χ4v) is 0.812. The monoisotopic (exact) mass is 307 g/mol. The Labute approximate surface area is 108 Å². The van der Waals surface area contributed by atoms with Crippen molar-refractivity contribution in [1.82, 2.24) is 0 Å². The molecule has 0 saturated heterocycles. The molecule has 0 aromatic heterocycles. The molecule has 0 saturated carbocycles. The van der Waals surface area contributed by atoms with E-state index in [-0.39, 0.29) is 5.75 Å². The van der Waals surface area contributed by atoms with Gasteiger partial charge < -0.3 is 10.8 Å². The number of aliphatic carboxylic acids is 1. The Morgan fingerprint density at radius 2 is 1.16 bits per heavy atom. The number of carboxylic acid groups (broad SMARTS) is 1. The van der Waals surface area contributed by atoms with Gasteiger partial charge in [-0.3, -0.25) is 4.79 Å². The Hall–Kier alpha value is -1.42. The third-order valence-electron chi connectivity index (χ3n) is 1.67. The van der Waals surface area contributed by atoms with E-state index in [1.807, 2.05) is 0 Å². The van der Waals surface area contributed by atoms with Gasteiger partial charge >= 0.3 is 5.97 Å². The van der Waals surface area contributed by atoms with Crippen LogP contribution in [0.4, 0.5) is 26.3 Å². The summed E-state index contributed by atoms with van der Waals surface area (Å²) in [5.74, 6) is -15.0. The molecule has 0 bridgehead atoms. The van der Waals surface area contributed by atoms with Crippen LogP contribution >= 0.6 is 12.6 Å². The summed E-state index contributed by atoms with van der Waals surface area (Å²) in [6, 6.07) is -0.816. The molecule has 1 atom stereocenters. The highest BCUT2D eigenvalue weighted by atomic mass is 32.1. The summed E-state index contributed by atoms with van der Waals surface area (Å²) in [6.07, 6.45) is 0. The quantitative estimate of drug-likeness (QED) is 0.338. The maximum Gasteiger partial charge on any atom is 0.321 e. The summed E-state index contributed by atoms with van der Waals surface area (Å²) in [4.78, 5) is 9.76. The van der Waals surface area contributed by atoms with Crippen molar-refractivity contribution < 1.29 is 36.2 Å². The molecule has 108 valence electrons. The molecular weight excluding hydrogens is 300 g/mol. The van der Waals surface area contributed by atoms with Crippen LogP contribution in [0.25, 0.3) is 0 Å². The lowest BCUT2D eigenvalue weighted by molar-refractivity contribution is -0.137. The van der Waals surface area contributed by atoms with Gasteiger partial charge in [-0.2, -0.15) is 12.6 Å². The van der Waals surface area contributed by atoms with Gasteiger partial charge in [-0.1, -0.05) is 0 Å². The normalized spacial score (nSPS) is 11.6. The molecule has 19 heavy (non-hydrogen) atoms. The van der Waals surface area contributed by atoms with Crippen molar-refractivity contribution in [3.8, 4) is 0 Å². The van der Waals surface area contributed by atoms with Gasteiger partial charge in [-0.05, 0) is 0 Å². The lowest BCUT2D eigenvalue weighted by atomic mass is 10.3. The van der Waals surface area contributed by atoms with Crippen LogP contribution in [0, 0.1) is 34.9 Å². The standard InChI is InChI=1S/C6F6.C3H7NO2S/c7-1-2(8)4(10)6(12)5(11)3(1)9;4-2(1-7)3(5)6/h;2,7H,1,4H2,(H,5,6). The number of hydrogen-bond acceptors (Lipinski definition) is 3. The van der Waals surface area contributed by atoms with Crippen molar-refractivity contribution in [3.05, 3.63) is 34.9 Å². The molecular formula is C9H7F6NO2S. The Balaban J connectivity index is 0.000000399. The largest absolute Gasteiger partial charge is 0.480 e. The zero-order chi connectivity index (χ0) is 15.3. The van der Waals surface area contributed by atoms with Crippen LogP contribution in [0.2, 0.25) is 0 Å². The summed E-state index contributed by atoms with van der Waals surface area (Å²) in [5, 5.41) is 8.01. The second-order valence-corrected chi connectivity index (χ2v) is 3.38. The number of thiol groups is 1. The minimum Gasteiger partial charge on any atom is -0.480 e. The number of nitrogens with two attached hydrogens (primary N) is 1. The molecule has 10 heteroatoms. The van der Waals surface area contributed by atoms with Gasteiger partial charge in [0.2, 0.25) is 34.9 Å². The number of halogens is 6. The fourth-order valence-electron chi connectivity index (χ4n) is 0.656. The van der Waals surface area contributed by atoms with Crippen molar-refractivity contribution in [1.29, 1.82) is 0 Å². The van der Waals surface area contributed by atoms with Gasteiger partial charge in [0.25, 0.3) is 0 Å². The summed E-state index contributed by atoms with van der Waals surface area (Å²) in [5.41, 5.74) is 4.94. The first-order chi connectivity index (χ1) is 8.64. The molecule has 0 aliphatic carbocycles. The average Bonchev–Trinajstić information content (AvgIpc) is 2.40. The second kappa shape index (κ2) is 7.24. The van der Waals surface area contributed by atoms with E-state index in [1.165, 1.54) is 0 Å². The number of carboxylic acids is 1. The molecule has 1 aromatic carbocycles. The summed E-state index contributed by atoms with van der Waals surface area (Å²) in [6.45, 7) is 0. The van der Waals surface area contributed by atoms with Crippen molar-refractivity contribution >= 4 is 18.6 Å². The van der Waals surface area contributed by atoms with E-state index >= 15 is 0 Å². The first-order valence-corrected chi connectivity index (χ1v) is 5.04. The van der Waals surface area contributed by atoms with Crippen molar-refractivity contribution in [2.45, 2.75) is 6.04 Å². The highest BCUT2D eigenvalue weighted by Gasteiger charge is 2.25. The first-order valence-electron chi connectivity index (χ1n) is 4.41. The zero-order valence-corrected chi connectivity index (χ0v) is 9.83. The molecule has 1 aromatic rings. The molecule has 0 heterocycles. The maximum atomic E-state index is 12.0. The predicted octanol–water partition coefficient (Wildman–Crippen LogP) is 1.85. The van der Waals surface area contributed by atoms with Crippen molar-refractivity contribution in [2.75, 3.05) is 5.75 Å². The molecule has 1 rings (SSSR count). The average molecular weight is 307 g/mol. The first kappa shape index (κ1) is 17.6. The second-order valence-electron chi connectivity index (χ2n) is 3.01. The number of hydrogen-bond donors (Lipinski definition) is 3. The van der Waals surface area contributed by atoms with Crippen LogP contribution in [-0.2, 0) is 4.79 Å².